The summed E-state index contributed by atoms with van der Waals surface area (Å²) < 4.78 is 5.63. The number of rotatable bonds is 7. The third kappa shape index (κ3) is 3.62. The van der Waals surface area contributed by atoms with Gasteiger partial charge in [-0.1, -0.05) is 19.1 Å². The van der Waals surface area contributed by atoms with Crippen LogP contribution in [0.15, 0.2) is 42.5 Å². The smallest absolute Gasteiger partial charge is 0.235 e. The van der Waals surface area contributed by atoms with Crippen molar-refractivity contribution in [2.45, 2.75) is 44.9 Å². The lowest BCUT2D eigenvalue weighted by molar-refractivity contribution is -0.118. The largest absolute Gasteiger partial charge is 0.494 e. The van der Waals surface area contributed by atoms with E-state index in [9.17, 15) is 9.90 Å². The summed E-state index contributed by atoms with van der Waals surface area (Å²) in [5.41, 5.74) is 4.45. The van der Waals surface area contributed by atoms with Crippen LogP contribution < -0.4 is 10.1 Å². The Morgan fingerprint density at radius 1 is 1.24 bits per heavy atom. The Balaban J connectivity index is 1.55. The van der Waals surface area contributed by atoms with Crippen molar-refractivity contribution in [3.8, 4) is 5.75 Å². The van der Waals surface area contributed by atoms with E-state index in [0.717, 1.165) is 52.0 Å². The van der Waals surface area contributed by atoms with Crippen molar-refractivity contribution < 1.29 is 14.6 Å². The predicted molar refractivity (Wildman–Crippen MR) is 116 cm³/mol. The van der Waals surface area contributed by atoms with E-state index in [4.69, 9.17) is 4.74 Å². The Morgan fingerprint density at radius 2 is 2.03 bits per heavy atom. The number of fused-ring (bicyclic) bond motifs is 1. The van der Waals surface area contributed by atoms with E-state index in [2.05, 4.69) is 16.4 Å². The summed E-state index contributed by atoms with van der Waals surface area (Å²) in [6.45, 7) is 6.70. The van der Waals surface area contributed by atoms with Crippen LogP contribution in [0.1, 0.15) is 49.4 Å². The molecule has 1 amide bonds. The van der Waals surface area contributed by atoms with Crippen LogP contribution in [0.2, 0.25) is 0 Å². The summed E-state index contributed by atoms with van der Waals surface area (Å²) in [5, 5.41) is 13.5. The molecule has 1 heterocycles. The first-order valence-corrected chi connectivity index (χ1v) is 10.3. The number of aliphatic hydroxyl groups is 1. The standard InChI is InChI=1S/C24H28N2O3/c1-4-29-22-8-5-18(11-15(22)2)24(9-10-24)23(28)25-19-6-7-20-17(12-19)13-21(26-20)16(3)14-27/h5-8,11-13,16,26-27H,4,9-10,14H2,1-3H3,(H,25,28). The van der Waals surface area contributed by atoms with Gasteiger partial charge < -0.3 is 20.1 Å². The number of aromatic nitrogens is 1. The molecule has 1 saturated carbocycles. The monoisotopic (exact) mass is 392 g/mol. The van der Waals surface area contributed by atoms with Gasteiger partial charge in [-0.15, -0.1) is 0 Å². The Bertz CT molecular complexity index is 1050. The number of ether oxygens (including phenoxy) is 1. The zero-order valence-corrected chi connectivity index (χ0v) is 17.2. The summed E-state index contributed by atoms with van der Waals surface area (Å²) in [6.07, 6.45) is 1.72. The second-order valence-corrected chi connectivity index (χ2v) is 8.06. The first-order valence-electron chi connectivity index (χ1n) is 10.3. The molecule has 1 aromatic heterocycles. The molecule has 5 heteroatoms. The van der Waals surface area contributed by atoms with Crippen molar-refractivity contribution in [2.24, 2.45) is 0 Å². The molecule has 152 valence electrons. The van der Waals surface area contributed by atoms with Crippen molar-refractivity contribution in [1.29, 1.82) is 0 Å². The van der Waals surface area contributed by atoms with Gasteiger partial charge in [-0.05, 0) is 68.1 Å². The fourth-order valence-corrected chi connectivity index (χ4v) is 3.88. The molecule has 1 aliphatic carbocycles. The Morgan fingerprint density at radius 3 is 2.69 bits per heavy atom. The molecular formula is C24H28N2O3. The van der Waals surface area contributed by atoms with E-state index in [1.165, 1.54) is 0 Å². The molecule has 5 nitrogen and oxygen atoms in total. The zero-order valence-electron chi connectivity index (χ0n) is 17.2. The average molecular weight is 392 g/mol. The van der Waals surface area contributed by atoms with E-state index in [-0.39, 0.29) is 18.4 Å². The fraction of sp³-hybridized carbons (Fsp3) is 0.375. The minimum atomic E-state index is -0.445. The van der Waals surface area contributed by atoms with Crippen molar-refractivity contribution >= 4 is 22.5 Å². The number of anilines is 1. The molecule has 2 aromatic carbocycles. The number of carbonyl (C=O) groups is 1. The lowest BCUT2D eigenvalue weighted by Crippen LogP contribution is -2.27. The van der Waals surface area contributed by atoms with Gasteiger partial charge >= 0.3 is 0 Å². The van der Waals surface area contributed by atoms with Crippen LogP contribution in [0.3, 0.4) is 0 Å². The van der Waals surface area contributed by atoms with Crippen molar-refractivity contribution in [3.05, 3.63) is 59.3 Å². The molecule has 4 rings (SSSR count). The Hall–Kier alpha value is -2.79. The molecule has 3 N–H and O–H groups in total. The topological polar surface area (TPSA) is 74.3 Å². The quantitative estimate of drug-likeness (QED) is 0.548. The molecule has 0 spiro atoms. The number of aryl methyl sites for hydroxylation is 1. The molecule has 1 aliphatic rings. The first-order chi connectivity index (χ1) is 14.0. The van der Waals surface area contributed by atoms with Gasteiger partial charge in [0.05, 0.1) is 18.6 Å². The molecule has 0 saturated heterocycles. The normalized spacial score (nSPS) is 15.9. The van der Waals surface area contributed by atoms with Gasteiger partial charge in [0, 0.05) is 28.2 Å². The maximum atomic E-state index is 13.1. The SMILES string of the molecule is CCOc1ccc(C2(C(=O)Nc3ccc4[nH]c(C(C)CO)cc4c3)CC2)cc1C. The third-order valence-electron chi connectivity index (χ3n) is 5.92. The van der Waals surface area contributed by atoms with Gasteiger partial charge in [-0.3, -0.25) is 4.79 Å². The molecule has 29 heavy (non-hydrogen) atoms. The van der Waals surface area contributed by atoms with Gasteiger partial charge in [-0.25, -0.2) is 0 Å². The molecule has 0 aliphatic heterocycles. The number of amides is 1. The minimum Gasteiger partial charge on any atom is -0.494 e. The molecular weight excluding hydrogens is 364 g/mol. The second-order valence-electron chi connectivity index (χ2n) is 8.06. The molecule has 1 unspecified atom stereocenters. The summed E-state index contributed by atoms with van der Waals surface area (Å²) >= 11 is 0. The van der Waals surface area contributed by atoms with Crippen molar-refractivity contribution in [2.75, 3.05) is 18.5 Å². The molecule has 0 bridgehead atoms. The zero-order chi connectivity index (χ0) is 20.6. The van der Waals surface area contributed by atoms with Crippen LogP contribution in [0.25, 0.3) is 10.9 Å². The lowest BCUT2D eigenvalue weighted by Gasteiger charge is -2.18. The number of aromatic amines is 1. The van der Waals surface area contributed by atoms with Crippen LogP contribution >= 0.6 is 0 Å². The van der Waals surface area contributed by atoms with E-state index in [0.29, 0.717) is 6.61 Å². The van der Waals surface area contributed by atoms with Crippen LogP contribution in [0.5, 0.6) is 5.75 Å². The average Bonchev–Trinajstić information content (AvgIpc) is 3.42. The second kappa shape index (κ2) is 7.56. The van der Waals surface area contributed by atoms with E-state index in [1.54, 1.807) is 0 Å². The van der Waals surface area contributed by atoms with Crippen LogP contribution in [-0.2, 0) is 10.2 Å². The van der Waals surface area contributed by atoms with E-state index < -0.39 is 5.41 Å². The van der Waals surface area contributed by atoms with E-state index >= 15 is 0 Å². The van der Waals surface area contributed by atoms with Crippen LogP contribution in [0, 0.1) is 6.92 Å². The van der Waals surface area contributed by atoms with Gasteiger partial charge in [0.25, 0.3) is 0 Å². The Kier molecular flexibility index (Phi) is 5.09. The molecule has 1 atom stereocenters. The number of hydrogen-bond acceptors (Lipinski definition) is 3. The number of hydrogen-bond donors (Lipinski definition) is 3. The van der Waals surface area contributed by atoms with Gasteiger partial charge in [0.2, 0.25) is 5.91 Å². The molecule has 3 aromatic rings. The number of aliphatic hydroxyl groups excluding tert-OH is 1. The summed E-state index contributed by atoms with van der Waals surface area (Å²) in [4.78, 5) is 16.5. The Labute approximate surface area is 171 Å². The summed E-state index contributed by atoms with van der Waals surface area (Å²) in [6, 6.07) is 14.0. The predicted octanol–water partition coefficient (Wildman–Crippen LogP) is 4.64. The van der Waals surface area contributed by atoms with Crippen LogP contribution in [-0.4, -0.2) is 29.2 Å². The highest BCUT2D eigenvalue weighted by atomic mass is 16.5. The highest BCUT2D eigenvalue weighted by Gasteiger charge is 2.51. The third-order valence-corrected chi connectivity index (χ3v) is 5.92. The fourth-order valence-electron chi connectivity index (χ4n) is 3.88. The minimum absolute atomic E-state index is 0.0416. The molecule has 0 radical (unpaired) electrons. The number of carbonyl (C=O) groups excluding carboxylic acids is 1. The summed E-state index contributed by atoms with van der Waals surface area (Å²) in [5.74, 6) is 0.969. The maximum absolute atomic E-state index is 13.1. The van der Waals surface area contributed by atoms with Crippen molar-refractivity contribution in [1.82, 2.24) is 4.98 Å². The van der Waals surface area contributed by atoms with Crippen LogP contribution in [0.4, 0.5) is 5.69 Å². The highest BCUT2D eigenvalue weighted by molar-refractivity contribution is 6.02. The number of benzene rings is 2. The lowest BCUT2D eigenvalue weighted by atomic mass is 9.93. The maximum Gasteiger partial charge on any atom is 0.235 e. The first kappa shape index (κ1) is 19.5. The van der Waals surface area contributed by atoms with Crippen molar-refractivity contribution in [3.63, 3.8) is 0 Å². The highest BCUT2D eigenvalue weighted by Crippen LogP contribution is 2.49. The molecule has 1 fully saturated rings. The van der Waals surface area contributed by atoms with Gasteiger partial charge in [-0.2, -0.15) is 0 Å². The van der Waals surface area contributed by atoms with E-state index in [1.807, 2.05) is 57.2 Å². The van der Waals surface area contributed by atoms with Gasteiger partial charge in [0.1, 0.15) is 5.75 Å². The number of nitrogens with one attached hydrogen (secondary N) is 2. The summed E-state index contributed by atoms with van der Waals surface area (Å²) in [7, 11) is 0. The number of H-pyrrole nitrogens is 1. The van der Waals surface area contributed by atoms with Gasteiger partial charge in [0.15, 0.2) is 0 Å².